The summed E-state index contributed by atoms with van der Waals surface area (Å²) in [4.78, 5) is 3.45. The molecule has 2 aromatic rings. The molecule has 0 amide bonds. The number of aromatic nitrogens is 3. The summed E-state index contributed by atoms with van der Waals surface area (Å²) in [6, 6.07) is 1.65. The van der Waals surface area contributed by atoms with Gasteiger partial charge in [0.15, 0.2) is 5.01 Å². The quantitative estimate of drug-likeness (QED) is 0.946. The first-order valence-corrected chi connectivity index (χ1v) is 6.40. The summed E-state index contributed by atoms with van der Waals surface area (Å²) in [7, 11) is 0. The van der Waals surface area contributed by atoms with Crippen LogP contribution in [0.1, 0.15) is 34.3 Å². The molecule has 8 heteroatoms. The zero-order chi connectivity index (χ0) is 14.2. The fraction of sp³-hybridized carbons (Fsp3) is 0.455. The lowest BCUT2D eigenvalue weighted by Crippen LogP contribution is -2.08. The normalized spacial score (nSPS) is 13.8. The first-order valence-electron chi connectivity index (χ1n) is 5.58. The predicted molar refractivity (Wildman–Crippen MR) is 63.8 cm³/mol. The third-order valence-corrected chi connectivity index (χ3v) is 3.64. The van der Waals surface area contributed by atoms with E-state index < -0.39 is 17.3 Å². The zero-order valence-electron chi connectivity index (χ0n) is 10.3. The summed E-state index contributed by atoms with van der Waals surface area (Å²) < 4.78 is 39.0. The van der Waals surface area contributed by atoms with Gasteiger partial charge in [0.05, 0.1) is 16.3 Å². The van der Waals surface area contributed by atoms with E-state index in [0.717, 1.165) is 6.20 Å². The second kappa shape index (κ2) is 4.93. The van der Waals surface area contributed by atoms with Crippen molar-refractivity contribution in [2.75, 3.05) is 0 Å². The molecule has 2 rings (SSSR count). The number of hydrogen-bond acceptors (Lipinski definition) is 4. The molecule has 0 fully saturated rings. The Labute approximate surface area is 111 Å². The molecule has 0 spiro atoms. The van der Waals surface area contributed by atoms with Crippen molar-refractivity contribution in [3.63, 3.8) is 0 Å². The van der Waals surface area contributed by atoms with E-state index in [2.05, 4.69) is 10.1 Å². The first kappa shape index (κ1) is 14.0. The van der Waals surface area contributed by atoms with Gasteiger partial charge in [-0.3, -0.25) is 4.68 Å². The molecule has 0 radical (unpaired) electrons. The number of aryl methyl sites for hydroxylation is 2. The van der Waals surface area contributed by atoms with Crippen molar-refractivity contribution in [1.82, 2.24) is 14.8 Å². The number of hydrogen-bond donors (Lipinski definition) is 1. The molecule has 0 saturated carbocycles. The summed E-state index contributed by atoms with van der Waals surface area (Å²) in [6.07, 6.45) is -4.57. The number of thiazole rings is 1. The largest absolute Gasteiger partial charge is 0.443 e. The average molecular weight is 291 g/mol. The minimum atomic E-state index is -4.48. The van der Waals surface area contributed by atoms with E-state index in [1.807, 2.05) is 6.92 Å². The van der Waals surface area contributed by atoms with Gasteiger partial charge in [0.1, 0.15) is 6.10 Å². The van der Waals surface area contributed by atoms with Gasteiger partial charge >= 0.3 is 6.18 Å². The Bertz CT molecular complexity index is 576. The van der Waals surface area contributed by atoms with Gasteiger partial charge in [-0.05, 0) is 19.9 Å². The van der Waals surface area contributed by atoms with Crippen molar-refractivity contribution >= 4 is 11.3 Å². The van der Waals surface area contributed by atoms with Crippen molar-refractivity contribution in [3.05, 3.63) is 33.5 Å². The molecule has 0 aliphatic heterocycles. The summed E-state index contributed by atoms with van der Waals surface area (Å²) in [5.41, 5.74) is 1.17. The van der Waals surface area contributed by atoms with Gasteiger partial charge in [-0.1, -0.05) is 0 Å². The number of rotatable bonds is 3. The van der Waals surface area contributed by atoms with Crippen LogP contribution in [0.4, 0.5) is 13.2 Å². The second-order valence-electron chi connectivity index (χ2n) is 3.99. The molecule has 0 aromatic carbocycles. The fourth-order valence-corrected chi connectivity index (χ4v) is 2.51. The van der Waals surface area contributed by atoms with Crippen LogP contribution in [-0.4, -0.2) is 19.9 Å². The van der Waals surface area contributed by atoms with E-state index in [1.54, 1.807) is 17.7 Å². The van der Waals surface area contributed by atoms with E-state index in [0.29, 0.717) is 29.3 Å². The standard InChI is InChI=1S/C11H12F3N3OS/c1-3-17-7(4-6(2)16-17)9(18)8-5-15-10(19-8)11(12,13)14/h4-5,9,18H,3H2,1-2H3. The fourth-order valence-electron chi connectivity index (χ4n) is 1.73. The molecule has 1 N–H and O–H groups in total. The Kier molecular flexibility index (Phi) is 3.64. The Hall–Kier alpha value is -1.41. The molecular weight excluding hydrogens is 279 g/mol. The smallest absolute Gasteiger partial charge is 0.381 e. The highest BCUT2D eigenvalue weighted by molar-refractivity contribution is 7.11. The van der Waals surface area contributed by atoms with Crippen LogP contribution >= 0.6 is 11.3 Å². The lowest BCUT2D eigenvalue weighted by atomic mass is 10.2. The number of aliphatic hydroxyl groups excluding tert-OH is 1. The van der Waals surface area contributed by atoms with Gasteiger partial charge in [0.2, 0.25) is 0 Å². The molecule has 1 atom stereocenters. The molecule has 0 saturated heterocycles. The van der Waals surface area contributed by atoms with Gasteiger partial charge in [-0.15, -0.1) is 11.3 Å². The van der Waals surface area contributed by atoms with Crippen LogP contribution in [0, 0.1) is 6.92 Å². The van der Waals surface area contributed by atoms with Crippen LogP contribution in [0.15, 0.2) is 12.3 Å². The van der Waals surface area contributed by atoms with Crippen molar-refractivity contribution in [2.45, 2.75) is 32.7 Å². The third-order valence-electron chi connectivity index (χ3n) is 2.55. The molecule has 19 heavy (non-hydrogen) atoms. The number of aliphatic hydroxyl groups is 1. The molecule has 2 heterocycles. The summed E-state index contributed by atoms with van der Waals surface area (Å²) in [5, 5.41) is 13.3. The summed E-state index contributed by atoms with van der Waals surface area (Å²) in [6.45, 7) is 4.14. The number of alkyl halides is 3. The molecule has 0 bridgehead atoms. The molecule has 0 aliphatic rings. The van der Waals surface area contributed by atoms with Crippen molar-refractivity contribution in [2.24, 2.45) is 0 Å². The molecule has 1 unspecified atom stereocenters. The van der Waals surface area contributed by atoms with Gasteiger partial charge in [-0.2, -0.15) is 18.3 Å². The van der Waals surface area contributed by atoms with E-state index in [9.17, 15) is 18.3 Å². The lowest BCUT2D eigenvalue weighted by molar-refractivity contribution is -0.137. The van der Waals surface area contributed by atoms with Crippen LogP contribution in [0.5, 0.6) is 0 Å². The SMILES string of the molecule is CCn1nc(C)cc1C(O)c1cnc(C(F)(F)F)s1. The molecule has 4 nitrogen and oxygen atoms in total. The molecule has 104 valence electrons. The molecule has 0 aliphatic carbocycles. The van der Waals surface area contributed by atoms with Gasteiger partial charge in [-0.25, -0.2) is 4.98 Å². The van der Waals surface area contributed by atoms with E-state index in [-0.39, 0.29) is 4.88 Å². The zero-order valence-corrected chi connectivity index (χ0v) is 11.1. The highest BCUT2D eigenvalue weighted by atomic mass is 32.1. The Morgan fingerprint density at radius 2 is 2.16 bits per heavy atom. The Morgan fingerprint density at radius 1 is 1.47 bits per heavy atom. The van der Waals surface area contributed by atoms with Gasteiger partial charge < -0.3 is 5.11 Å². The van der Waals surface area contributed by atoms with E-state index in [1.165, 1.54) is 0 Å². The third kappa shape index (κ3) is 2.79. The average Bonchev–Trinajstić information content (AvgIpc) is 2.93. The Balaban J connectivity index is 2.33. The van der Waals surface area contributed by atoms with E-state index in [4.69, 9.17) is 0 Å². The monoisotopic (exact) mass is 291 g/mol. The highest BCUT2D eigenvalue weighted by Gasteiger charge is 2.35. The van der Waals surface area contributed by atoms with Gasteiger partial charge in [0, 0.05) is 12.7 Å². The Morgan fingerprint density at radius 3 is 2.68 bits per heavy atom. The predicted octanol–water partition coefficient (Wildman–Crippen LogP) is 2.77. The minimum Gasteiger partial charge on any atom is -0.381 e. The second-order valence-corrected chi connectivity index (χ2v) is 5.06. The first-order chi connectivity index (χ1) is 8.82. The van der Waals surface area contributed by atoms with Crippen molar-refractivity contribution < 1.29 is 18.3 Å². The van der Waals surface area contributed by atoms with Crippen LogP contribution in [0.2, 0.25) is 0 Å². The lowest BCUT2D eigenvalue weighted by Gasteiger charge is -2.09. The summed E-state index contributed by atoms with van der Waals surface area (Å²) >= 11 is 0.444. The van der Waals surface area contributed by atoms with Crippen molar-refractivity contribution in [3.8, 4) is 0 Å². The molecular formula is C11H12F3N3OS. The van der Waals surface area contributed by atoms with Crippen LogP contribution in [-0.2, 0) is 12.7 Å². The maximum atomic E-state index is 12.5. The maximum Gasteiger partial charge on any atom is 0.443 e. The number of nitrogens with zero attached hydrogens (tertiary/aromatic N) is 3. The van der Waals surface area contributed by atoms with Gasteiger partial charge in [0.25, 0.3) is 0 Å². The summed E-state index contributed by atoms with van der Waals surface area (Å²) in [5.74, 6) is 0. The van der Waals surface area contributed by atoms with E-state index >= 15 is 0 Å². The van der Waals surface area contributed by atoms with Crippen LogP contribution in [0.3, 0.4) is 0 Å². The van der Waals surface area contributed by atoms with Crippen LogP contribution in [0.25, 0.3) is 0 Å². The number of halogens is 3. The van der Waals surface area contributed by atoms with Crippen molar-refractivity contribution in [1.29, 1.82) is 0 Å². The van der Waals surface area contributed by atoms with Crippen LogP contribution < -0.4 is 0 Å². The molecule has 2 aromatic heterocycles. The maximum absolute atomic E-state index is 12.5. The topological polar surface area (TPSA) is 50.9 Å². The highest BCUT2D eigenvalue weighted by Crippen LogP contribution is 2.35. The minimum absolute atomic E-state index is 0.155.